The summed E-state index contributed by atoms with van der Waals surface area (Å²) in [6.45, 7) is 4.06. The maximum absolute atomic E-state index is 10.3. The van der Waals surface area contributed by atoms with E-state index in [2.05, 4.69) is 6.07 Å². The number of aryl methyl sites for hydroxylation is 2. The number of benzene rings is 1. The van der Waals surface area contributed by atoms with E-state index in [0.717, 1.165) is 29.6 Å². The summed E-state index contributed by atoms with van der Waals surface area (Å²) in [5.41, 5.74) is 3.48. The van der Waals surface area contributed by atoms with Crippen molar-refractivity contribution in [3.05, 3.63) is 28.8 Å². The summed E-state index contributed by atoms with van der Waals surface area (Å²) in [5, 5.41) is 0. The van der Waals surface area contributed by atoms with Crippen LogP contribution in [-0.4, -0.2) is 13.4 Å². The van der Waals surface area contributed by atoms with E-state index in [4.69, 9.17) is 4.74 Å². The second-order valence-corrected chi connectivity index (χ2v) is 3.41. The van der Waals surface area contributed by atoms with Gasteiger partial charge in [-0.05, 0) is 37.0 Å². The molecule has 2 nitrogen and oxygen atoms in total. The second kappa shape index (κ2) is 4.80. The summed E-state index contributed by atoms with van der Waals surface area (Å²) in [4.78, 5) is 10.3. The number of carbonyl (C=O) groups excluding carboxylic acids is 1. The van der Waals surface area contributed by atoms with Crippen molar-refractivity contribution in [3.63, 3.8) is 0 Å². The zero-order valence-electron chi connectivity index (χ0n) is 8.96. The molecule has 14 heavy (non-hydrogen) atoms. The highest BCUT2D eigenvalue weighted by Crippen LogP contribution is 2.26. The molecular formula is C12H16O2. The number of carbonyl (C=O) groups is 1. The fourth-order valence-electron chi connectivity index (χ4n) is 1.67. The third-order valence-corrected chi connectivity index (χ3v) is 2.45. The first-order valence-electron chi connectivity index (χ1n) is 4.77. The van der Waals surface area contributed by atoms with Crippen LogP contribution in [0.3, 0.4) is 0 Å². The summed E-state index contributed by atoms with van der Waals surface area (Å²) in [6, 6.07) is 4.10. The normalized spacial score (nSPS) is 9.93. The minimum atomic E-state index is 0.576. The van der Waals surface area contributed by atoms with Crippen LogP contribution in [0.4, 0.5) is 0 Å². The number of rotatable bonds is 4. The number of ether oxygens (including phenoxy) is 1. The van der Waals surface area contributed by atoms with Crippen LogP contribution in [-0.2, 0) is 11.2 Å². The van der Waals surface area contributed by atoms with Gasteiger partial charge in [-0.2, -0.15) is 0 Å². The molecule has 0 saturated carbocycles. The van der Waals surface area contributed by atoms with Crippen LogP contribution in [0.1, 0.15) is 23.1 Å². The maximum atomic E-state index is 10.3. The number of aldehydes is 1. The highest BCUT2D eigenvalue weighted by atomic mass is 16.5. The van der Waals surface area contributed by atoms with E-state index in [-0.39, 0.29) is 0 Å². The van der Waals surface area contributed by atoms with Crippen LogP contribution >= 0.6 is 0 Å². The highest BCUT2D eigenvalue weighted by Gasteiger charge is 2.06. The lowest BCUT2D eigenvalue weighted by atomic mass is 10.0. The lowest BCUT2D eigenvalue weighted by Crippen LogP contribution is -1.96. The topological polar surface area (TPSA) is 26.3 Å². The molecule has 0 fully saturated rings. The first-order valence-corrected chi connectivity index (χ1v) is 4.77. The fourth-order valence-corrected chi connectivity index (χ4v) is 1.67. The molecular weight excluding hydrogens is 176 g/mol. The number of methoxy groups -OCH3 is 1. The van der Waals surface area contributed by atoms with Crippen molar-refractivity contribution in [2.75, 3.05) is 7.11 Å². The van der Waals surface area contributed by atoms with E-state index in [1.54, 1.807) is 7.11 Å². The molecule has 0 bridgehead atoms. The Hall–Kier alpha value is -1.31. The van der Waals surface area contributed by atoms with Crippen LogP contribution in [0.15, 0.2) is 12.1 Å². The molecule has 0 aliphatic rings. The van der Waals surface area contributed by atoms with E-state index in [1.165, 1.54) is 5.56 Å². The maximum Gasteiger partial charge on any atom is 0.124 e. The lowest BCUT2D eigenvalue weighted by Gasteiger charge is -2.12. The average Bonchev–Trinajstić information content (AvgIpc) is 2.18. The van der Waals surface area contributed by atoms with E-state index < -0.39 is 0 Å². The van der Waals surface area contributed by atoms with Crippen molar-refractivity contribution in [3.8, 4) is 5.75 Å². The molecule has 1 rings (SSSR count). The van der Waals surface area contributed by atoms with E-state index in [1.807, 2.05) is 19.9 Å². The molecule has 1 aromatic carbocycles. The van der Waals surface area contributed by atoms with Crippen molar-refractivity contribution in [2.24, 2.45) is 0 Å². The Labute approximate surface area is 84.9 Å². The summed E-state index contributed by atoms with van der Waals surface area (Å²) in [5.74, 6) is 0.938. The van der Waals surface area contributed by atoms with E-state index in [9.17, 15) is 4.79 Å². The van der Waals surface area contributed by atoms with Crippen molar-refractivity contribution in [1.82, 2.24) is 0 Å². The van der Waals surface area contributed by atoms with E-state index >= 15 is 0 Å². The van der Waals surface area contributed by atoms with Crippen LogP contribution < -0.4 is 4.74 Å². The molecule has 1 aromatic rings. The summed E-state index contributed by atoms with van der Waals surface area (Å²) in [6.07, 6.45) is 2.32. The Balaban J connectivity index is 3.01. The van der Waals surface area contributed by atoms with E-state index in [0.29, 0.717) is 6.42 Å². The quantitative estimate of drug-likeness (QED) is 0.685. The van der Waals surface area contributed by atoms with Gasteiger partial charge < -0.3 is 9.53 Å². The van der Waals surface area contributed by atoms with Crippen molar-refractivity contribution in [1.29, 1.82) is 0 Å². The van der Waals surface area contributed by atoms with Gasteiger partial charge in [0.05, 0.1) is 7.11 Å². The molecule has 0 saturated heterocycles. The zero-order chi connectivity index (χ0) is 10.6. The fraction of sp³-hybridized carbons (Fsp3) is 0.417. The minimum Gasteiger partial charge on any atom is -0.496 e. The molecule has 0 unspecified atom stereocenters. The molecule has 0 atom stereocenters. The van der Waals surface area contributed by atoms with Gasteiger partial charge >= 0.3 is 0 Å². The first kappa shape index (κ1) is 10.8. The molecule has 0 aromatic heterocycles. The predicted molar refractivity (Wildman–Crippen MR) is 56.9 cm³/mol. The third-order valence-electron chi connectivity index (χ3n) is 2.45. The second-order valence-electron chi connectivity index (χ2n) is 3.41. The Morgan fingerprint density at radius 1 is 1.36 bits per heavy atom. The van der Waals surface area contributed by atoms with Gasteiger partial charge in [-0.25, -0.2) is 0 Å². The highest BCUT2D eigenvalue weighted by molar-refractivity contribution is 5.52. The molecule has 0 heterocycles. The Bertz CT molecular complexity index is 329. The van der Waals surface area contributed by atoms with Crippen LogP contribution in [0.25, 0.3) is 0 Å². The largest absolute Gasteiger partial charge is 0.496 e. The van der Waals surface area contributed by atoms with Gasteiger partial charge in [0.15, 0.2) is 0 Å². The summed E-state index contributed by atoms with van der Waals surface area (Å²) < 4.78 is 5.31. The van der Waals surface area contributed by atoms with Gasteiger partial charge in [-0.3, -0.25) is 0 Å². The van der Waals surface area contributed by atoms with Gasteiger partial charge in [-0.15, -0.1) is 0 Å². The zero-order valence-corrected chi connectivity index (χ0v) is 8.96. The Morgan fingerprint density at radius 2 is 2.07 bits per heavy atom. The number of hydrogen-bond acceptors (Lipinski definition) is 2. The average molecular weight is 192 g/mol. The number of hydrogen-bond donors (Lipinski definition) is 0. The van der Waals surface area contributed by atoms with Crippen LogP contribution in [0, 0.1) is 13.8 Å². The predicted octanol–water partition coefficient (Wildman–Crippen LogP) is 2.44. The van der Waals surface area contributed by atoms with Crippen LogP contribution in [0.2, 0.25) is 0 Å². The molecule has 0 radical (unpaired) electrons. The molecule has 0 aliphatic carbocycles. The van der Waals surface area contributed by atoms with Gasteiger partial charge in [0, 0.05) is 6.42 Å². The van der Waals surface area contributed by atoms with Crippen molar-refractivity contribution < 1.29 is 9.53 Å². The van der Waals surface area contributed by atoms with Crippen molar-refractivity contribution >= 4 is 6.29 Å². The van der Waals surface area contributed by atoms with Crippen LogP contribution in [0.5, 0.6) is 5.75 Å². The Kier molecular flexibility index (Phi) is 3.69. The molecule has 2 heteroatoms. The van der Waals surface area contributed by atoms with Gasteiger partial charge in [0.1, 0.15) is 12.0 Å². The monoisotopic (exact) mass is 192 g/mol. The summed E-state index contributed by atoms with van der Waals surface area (Å²) >= 11 is 0. The van der Waals surface area contributed by atoms with Gasteiger partial charge in [0.25, 0.3) is 0 Å². The molecule has 0 N–H and O–H groups in total. The lowest BCUT2D eigenvalue weighted by molar-refractivity contribution is -0.107. The standard InChI is InChI=1S/C12H16O2/c1-9-6-7-11(5-4-8-13)10(2)12(9)14-3/h6-8H,4-5H2,1-3H3. The first-order chi connectivity index (χ1) is 6.70. The molecule has 0 spiro atoms. The minimum absolute atomic E-state index is 0.576. The molecule has 0 amide bonds. The SMILES string of the molecule is COc1c(C)ccc(CCC=O)c1C. The third kappa shape index (κ3) is 2.13. The van der Waals surface area contributed by atoms with Gasteiger partial charge in [-0.1, -0.05) is 12.1 Å². The molecule has 76 valence electrons. The van der Waals surface area contributed by atoms with Crippen molar-refractivity contribution in [2.45, 2.75) is 26.7 Å². The summed E-state index contributed by atoms with van der Waals surface area (Å²) in [7, 11) is 1.68. The van der Waals surface area contributed by atoms with Gasteiger partial charge in [0.2, 0.25) is 0 Å². The smallest absolute Gasteiger partial charge is 0.124 e. The molecule has 0 aliphatic heterocycles. The Morgan fingerprint density at radius 3 is 2.64 bits per heavy atom.